The Balaban J connectivity index is 1.65. The topological polar surface area (TPSA) is 60.5 Å². The minimum absolute atomic E-state index is 0.0537. The molecule has 0 saturated carbocycles. The molecule has 0 aromatic carbocycles. The maximum atomic E-state index is 12.7. The van der Waals surface area contributed by atoms with Crippen molar-refractivity contribution in [2.75, 3.05) is 26.0 Å². The molecule has 2 aromatic heterocycles. The lowest BCUT2D eigenvalue weighted by Gasteiger charge is -2.23. The molecular formula is C16H21N3O3S. The van der Waals surface area contributed by atoms with Gasteiger partial charge in [0.25, 0.3) is 5.91 Å². The fraction of sp³-hybridized carbons (Fsp3) is 0.500. The van der Waals surface area contributed by atoms with Crippen LogP contribution in [0.1, 0.15) is 22.7 Å². The van der Waals surface area contributed by atoms with E-state index >= 15 is 0 Å². The number of hydrogen-bond acceptors (Lipinski definition) is 5. The van der Waals surface area contributed by atoms with Crippen molar-refractivity contribution in [1.29, 1.82) is 0 Å². The third-order valence-corrected chi connectivity index (χ3v) is 4.32. The Morgan fingerprint density at radius 3 is 3.17 bits per heavy atom. The summed E-state index contributed by atoms with van der Waals surface area (Å²) < 4.78 is 13.3. The Kier molecular flexibility index (Phi) is 5.40. The quantitative estimate of drug-likeness (QED) is 0.839. The smallest absolute Gasteiger partial charge is 0.289 e. The second-order valence-corrected chi connectivity index (χ2v) is 6.39. The van der Waals surface area contributed by atoms with E-state index in [4.69, 9.17) is 9.15 Å². The fourth-order valence-corrected chi connectivity index (χ4v) is 3.12. The molecule has 0 bridgehead atoms. The zero-order chi connectivity index (χ0) is 16.1. The summed E-state index contributed by atoms with van der Waals surface area (Å²) in [4.78, 5) is 14.5. The minimum Gasteiger partial charge on any atom is -0.455 e. The third kappa shape index (κ3) is 4.17. The predicted octanol–water partition coefficient (Wildman–Crippen LogP) is 2.27. The van der Waals surface area contributed by atoms with Crippen LogP contribution in [0.25, 0.3) is 0 Å². The van der Waals surface area contributed by atoms with Crippen molar-refractivity contribution in [3.63, 3.8) is 0 Å². The van der Waals surface area contributed by atoms with E-state index < -0.39 is 0 Å². The van der Waals surface area contributed by atoms with Gasteiger partial charge in [0.15, 0.2) is 5.76 Å². The predicted molar refractivity (Wildman–Crippen MR) is 88.4 cm³/mol. The van der Waals surface area contributed by atoms with Gasteiger partial charge in [-0.05, 0) is 30.9 Å². The van der Waals surface area contributed by atoms with Gasteiger partial charge in [-0.15, -0.1) is 0 Å². The van der Waals surface area contributed by atoms with Crippen LogP contribution < -0.4 is 0 Å². The van der Waals surface area contributed by atoms with Gasteiger partial charge >= 0.3 is 0 Å². The summed E-state index contributed by atoms with van der Waals surface area (Å²) in [5.41, 5.74) is 0. The van der Waals surface area contributed by atoms with Crippen molar-refractivity contribution in [1.82, 2.24) is 14.7 Å². The Bertz CT molecular complexity index is 626. The first-order valence-corrected chi connectivity index (χ1v) is 9.11. The highest BCUT2D eigenvalue weighted by atomic mass is 32.2. The molecule has 3 heterocycles. The molecular weight excluding hydrogens is 314 g/mol. The molecule has 1 unspecified atom stereocenters. The van der Waals surface area contributed by atoms with Crippen LogP contribution in [0.4, 0.5) is 0 Å². The standard InChI is InChI=1S/C16H21N3O3S/c1-23-12-13-4-5-15(22-13)16(20)18-7-3-9-21-14(10-18)11-19-8-2-6-17-19/h2,4-6,8,14H,3,7,9-12H2,1H3. The van der Waals surface area contributed by atoms with Crippen LogP contribution in [-0.2, 0) is 17.0 Å². The third-order valence-electron chi connectivity index (χ3n) is 3.75. The molecule has 0 N–H and O–H groups in total. The van der Waals surface area contributed by atoms with Gasteiger partial charge in [-0.25, -0.2) is 0 Å². The lowest BCUT2D eigenvalue weighted by molar-refractivity contribution is 0.0358. The summed E-state index contributed by atoms with van der Waals surface area (Å²) in [5.74, 6) is 1.96. The average Bonchev–Trinajstić information content (AvgIpc) is 3.16. The van der Waals surface area contributed by atoms with Crippen molar-refractivity contribution in [2.24, 2.45) is 0 Å². The maximum Gasteiger partial charge on any atom is 0.289 e. The van der Waals surface area contributed by atoms with E-state index in [2.05, 4.69) is 5.10 Å². The van der Waals surface area contributed by atoms with Crippen molar-refractivity contribution in [3.8, 4) is 0 Å². The molecule has 0 spiro atoms. The van der Waals surface area contributed by atoms with E-state index in [9.17, 15) is 4.79 Å². The average molecular weight is 335 g/mol. The minimum atomic E-state index is -0.0617. The number of rotatable bonds is 5. The van der Waals surface area contributed by atoms with E-state index in [-0.39, 0.29) is 12.0 Å². The van der Waals surface area contributed by atoms with E-state index in [1.807, 2.05) is 34.2 Å². The zero-order valence-corrected chi connectivity index (χ0v) is 14.0. The number of hydrogen-bond donors (Lipinski definition) is 0. The Morgan fingerprint density at radius 1 is 1.48 bits per heavy atom. The molecule has 1 saturated heterocycles. The number of ether oxygens (including phenoxy) is 1. The highest BCUT2D eigenvalue weighted by Crippen LogP contribution is 2.17. The number of carbonyl (C=O) groups excluding carboxylic acids is 1. The number of carbonyl (C=O) groups is 1. The highest BCUT2D eigenvalue weighted by Gasteiger charge is 2.25. The van der Waals surface area contributed by atoms with Crippen LogP contribution in [0.15, 0.2) is 35.0 Å². The summed E-state index contributed by atoms with van der Waals surface area (Å²) in [6, 6.07) is 5.52. The van der Waals surface area contributed by atoms with Crippen LogP contribution in [0.5, 0.6) is 0 Å². The van der Waals surface area contributed by atoms with E-state index in [1.54, 1.807) is 24.0 Å². The van der Waals surface area contributed by atoms with Crippen LogP contribution in [0.2, 0.25) is 0 Å². The molecule has 1 amide bonds. The maximum absolute atomic E-state index is 12.7. The fourth-order valence-electron chi connectivity index (χ4n) is 2.68. The van der Waals surface area contributed by atoms with Gasteiger partial charge in [-0.3, -0.25) is 9.48 Å². The first-order valence-electron chi connectivity index (χ1n) is 7.72. The van der Waals surface area contributed by atoms with Gasteiger partial charge in [0.1, 0.15) is 5.76 Å². The molecule has 1 atom stereocenters. The summed E-state index contributed by atoms with van der Waals surface area (Å²) in [6.45, 7) is 2.54. The van der Waals surface area contributed by atoms with Crippen LogP contribution >= 0.6 is 11.8 Å². The molecule has 6 nitrogen and oxygen atoms in total. The van der Waals surface area contributed by atoms with E-state index in [0.29, 0.717) is 32.0 Å². The monoisotopic (exact) mass is 335 g/mol. The summed E-state index contributed by atoms with van der Waals surface area (Å²) in [7, 11) is 0. The van der Waals surface area contributed by atoms with Gasteiger partial charge in [0, 0.05) is 32.1 Å². The molecule has 1 aliphatic heterocycles. The first kappa shape index (κ1) is 16.1. The van der Waals surface area contributed by atoms with Gasteiger partial charge in [-0.2, -0.15) is 16.9 Å². The lowest BCUT2D eigenvalue weighted by atomic mass is 10.3. The molecule has 124 valence electrons. The van der Waals surface area contributed by atoms with Crippen LogP contribution in [0.3, 0.4) is 0 Å². The first-order chi connectivity index (χ1) is 11.3. The number of amides is 1. The van der Waals surface area contributed by atoms with Gasteiger partial charge in [-0.1, -0.05) is 0 Å². The normalized spacial score (nSPS) is 18.8. The Hall–Kier alpha value is -1.73. The number of aromatic nitrogens is 2. The SMILES string of the molecule is CSCc1ccc(C(=O)N2CCCOC(Cn3cccn3)C2)o1. The summed E-state index contributed by atoms with van der Waals surface area (Å²) >= 11 is 1.67. The second-order valence-electron chi connectivity index (χ2n) is 5.52. The van der Waals surface area contributed by atoms with Crippen LogP contribution in [-0.4, -0.2) is 52.6 Å². The molecule has 0 aliphatic carbocycles. The van der Waals surface area contributed by atoms with Gasteiger partial charge in [0.2, 0.25) is 0 Å². The van der Waals surface area contributed by atoms with Crippen molar-refractivity contribution >= 4 is 17.7 Å². The lowest BCUT2D eigenvalue weighted by Crippen LogP contribution is -2.38. The molecule has 1 aliphatic rings. The number of furan rings is 1. The number of thioether (sulfide) groups is 1. The largest absolute Gasteiger partial charge is 0.455 e. The Morgan fingerprint density at radius 2 is 2.39 bits per heavy atom. The van der Waals surface area contributed by atoms with E-state index in [0.717, 1.165) is 17.9 Å². The Labute approximate surface area is 139 Å². The molecule has 7 heteroatoms. The molecule has 1 fully saturated rings. The van der Waals surface area contributed by atoms with Crippen molar-refractivity contribution < 1.29 is 13.9 Å². The van der Waals surface area contributed by atoms with Gasteiger partial charge < -0.3 is 14.1 Å². The zero-order valence-electron chi connectivity index (χ0n) is 13.2. The summed E-state index contributed by atoms with van der Waals surface area (Å²) in [6.07, 6.45) is 6.44. The molecule has 2 aromatic rings. The van der Waals surface area contributed by atoms with Crippen LogP contribution in [0, 0.1) is 0 Å². The van der Waals surface area contributed by atoms with Crippen molar-refractivity contribution in [2.45, 2.75) is 24.8 Å². The number of nitrogens with zero attached hydrogens (tertiary/aromatic N) is 3. The highest BCUT2D eigenvalue weighted by molar-refractivity contribution is 7.97. The molecule has 3 rings (SSSR count). The van der Waals surface area contributed by atoms with E-state index in [1.165, 1.54) is 0 Å². The second kappa shape index (κ2) is 7.70. The molecule has 0 radical (unpaired) electrons. The molecule has 23 heavy (non-hydrogen) atoms. The summed E-state index contributed by atoms with van der Waals surface area (Å²) in [5, 5.41) is 4.21. The van der Waals surface area contributed by atoms with Crippen molar-refractivity contribution in [3.05, 3.63) is 42.1 Å². The van der Waals surface area contributed by atoms with Gasteiger partial charge in [0.05, 0.1) is 18.4 Å².